The van der Waals surface area contributed by atoms with Gasteiger partial charge in [-0.2, -0.15) is 0 Å². The van der Waals surface area contributed by atoms with E-state index in [0.717, 1.165) is 0 Å². The van der Waals surface area contributed by atoms with Gasteiger partial charge >= 0.3 is 0 Å². The number of fused-ring (bicyclic) bond motifs is 7. The number of hydrogen-bond donors (Lipinski definition) is 0. The van der Waals surface area contributed by atoms with E-state index in [1.165, 1.54) is 99.1 Å². The van der Waals surface area contributed by atoms with Gasteiger partial charge in [-0.05, 0) is 105 Å². The second kappa shape index (κ2) is 11.4. The molecule has 0 heterocycles. The fraction of sp³-hybridized carbons (Fsp3) is 0.0588. The minimum absolute atomic E-state index is 0.0634. The third kappa shape index (κ3) is 4.60. The van der Waals surface area contributed by atoms with Crippen molar-refractivity contribution in [2.75, 3.05) is 0 Å². The third-order valence-electron chi connectivity index (χ3n) is 11.3. The number of rotatable bonds is 4. The highest BCUT2D eigenvalue weighted by atomic mass is 14.4. The van der Waals surface area contributed by atoms with E-state index in [1.54, 1.807) is 0 Å². The summed E-state index contributed by atoms with van der Waals surface area (Å²) in [6.45, 7) is 4.74. The van der Waals surface area contributed by atoms with Crippen molar-refractivity contribution in [2.45, 2.75) is 19.3 Å². The lowest BCUT2D eigenvalue weighted by Crippen LogP contribution is -2.15. The molecule has 9 aromatic carbocycles. The first-order valence-electron chi connectivity index (χ1n) is 17.9. The van der Waals surface area contributed by atoms with Crippen molar-refractivity contribution in [1.82, 2.24) is 0 Å². The fourth-order valence-corrected chi connectivity index (χ4v) is 8.73. The summed E-state index contributed by atoms with van der Waals surface area (Å²) in [5, 5.41) is 7.74. The van der Waals surface area contributed by atoms with Crippen LogP contribution in [0.1, 0.15) is 25.0 Å². The molecule has 0 amide bonds. The van der Waals surface area contributed by atoms with Gasteiger partial charge in [0, 0.05) is 5.41 Å². The van der Waals surface area contributed by atoms with Crippen molar-refractivity contribution in [3.05, 3.63) is 193 Å². The van der Waals surface area contributed by atoms with E-state index in [0.29, 0.717) is 0 Å². The van der Waals surface area contributed by atoms with E-state index >= 15 is 0 Å². The van der Waals surface area contributed by atoms with Crippen LogP contribution in [0, 0.1) is 0 Å². The standard InChI is InChI=1S/C51H36/c1-51(2)46-31-29-36-14-6-7-15-40(36)50(46)45-30-28-39(32-47(45)51)35-22-26-38(27-23-35)49-43-18-10-8-16-41(43)48(42-17-9-11-19-44(42)49)37-24-20-34(21-25-37)33-12-4-3-5-13-33/h3-32H,1-2H3. The van der Waals surface area contributed by atoms with Crippen LogP contribution in [-0.2, 0) is 5.41 Å². The molecule has 0 atom stereocenters. The van der Waals surface area contributed by atoms with Crippen LogP contribution in [0.4, 0.5) is 0 Å². The van der Waals surface area contributed by atoms with Crippen molar-refractivity contribution >= 4 is 32.3 Å². The molecule has 240 valence electrons. The topological polar surface area (TPSA) is 0 Å². The Kier molecular flexibility index (Phi) is 6.63. The average Bonchev–Trinajstić information content (AvgIpc) is 3.43. The van der Waals surface area contributed by atoms with Gasteiger partial charge in [-0.3, -0.25) is 0 Å². The highest BCUT2D eigenvalue weighted by Gasteiger charge is 2.36. The molecule has 0 fully saturated rings. The van der Waals surface area contributed by atoms with Crippen LogP contribution in [0.2, 0.25) is 0 Å². The Morgan fingerprint density at radius 2 is 0.725 bits per heavy atom. The second-order valence-corrected chi connectivity index (χ2v) is 14.5. The molecule has 0 N–H and O–H groups in total. The maximum atomic E-state index is 2.43. The molecular weight excluding hydrogens is 613 g/mol. The van der Waals surface area contributed by atoms with Crippen LogP contribution in [-0.4, -0.2) is 0 Å². The van der Waals surface area contributed by atoms with Crippen molar-refractivity contribution in [3.8, 4) is 55.6 Å². The molecule has 0 nitrogen and oxygen atoms in total. The molecule has 51 heavy (non-hydrogen) atoms. The molecule has 0 aromatic heterocycles. The monoisotopic (exact) mass is 648 g/mol. The molecule has 0 saturated carbocycles. The van der Waals surface area contributed by atoms with Gasteiger partial charge in [0.05, 0.1) is 0 Å². The van der Waals surface area contributed by atoms with Crippen LogP contribution >= 0.6 is 0 Å². The maximum Gasteiger partial charge on any atom is 0.0159 e. The minimum atomic E-state index is -0.0634. The largest absolute Gasteiger partial charge is 0.0622 e. The first-order valence-corrected chi connectivity index (χ1v) is 17.9. The molecule has 1 aliphatic carbocycles. The molecule has 0 unspecified atom stereocenters. The highest BCUT2D eigenvalue weighted by Crippen LogP contribution is 2.52. The van der Waals surface area contributed by atoms with Gasteiger partial charge in [-0.15, -0.1) is 0 Å². The van der Waals surface area contributed by atoms with Gasteiger partial charge in [-0.25, -0.2) is 0 Å². The predicted molar refractivity (Wildman–Crippen MR) is 218 cm³/mol. The summed E-state index contributed by atoms with van der Waals surface area (Å²) in [7, 11) is 0. The molecule has 0 radical (unpaired) electrons. The maximum absolute atomic E-state index is 2.43. The predicted octanol–water partition coefficient (Wildman–Crippen LogP) is 14.1. The Morgan fingerprint density at radius 3 is 1.29 bits per heavy atom. The lowest BCUT2D eigenvalue weighted by atomic mass is 9.81. The van der Waals surface area contributed by atoms with Crippen molar-refractivity contribution in [3.63, 3.8) is 0 Å². The van der Waals surface area contributed by atoms with Gasteiger partial charge in [0.25, 0.3) is 0 Å². The molecular formula is C51H36. The van der Waals surface area contributed by atoms with E-state index in [2.05, 4.69) is 196 Å². The first kappa shape index (κ1) is 29.7. The Bertz CT molecular complexity index is 2730. The first-order chi connectivity index (χ1) is 25.1. The zero-order chi connectivity index (χ0) is 34.1. The van der Waals surface area contributed by atoms with Crippen LogP contribution < -0.4 is 0 Å². The zero-order valence-electron chi connectivity index (χ0n) is 28.8. The van der Waals surface area contributed by atoms with E-state index in [9.17, 15) is 0 Å². The Balaban J connectivity index is 1.07. The van der Waals surface area contributed by atoms with Crippen LogP contribution in [0.15, 0.2) is 182 Å². The van der Waals surface area contributed by atoms with E-state index in [1.807, 2.05) is 0 Å². The average molecular weight is 649 g/mol. The third-order valence-corrected chi connectivity index (χ3v) is 11.3. The normalized spacial score (nSPS) is 13.1. The molecule has 0 aliphatic heterocycles. The van der Waals surface area contributed by atoms with E-state index < -0.39 is 0 Å². The summed E-state index contributed by atoms with van der Waals surface area (Å²) in [5.74, 6) is 0. The van der Waals surface area contributed by atoms with E-state index in [4.69, 9.17) is 0 Å². The van der Waals surface area contributed by atoms with Crippen molar-refractivity contribution in [2.24, 2.45) is 0 Å². The fourth-order valence-electron chi connectivity index (χ4n) is 8.73. The lowest BCUT2D eigenvalue weighted by molar-refractivity contribution is 0.661. The van der Waals surface area contributed by atoms with E-state index in [-0.39, 0.29) is 5.41 Å². The Labute approximate surface area is 299 Å². The minimum Gasteiger partial charge on any atom is -0.0622 e. The molecule has 1 aliphatic rings. The van der Waals surface area contributed by atoms with Crippen LogP contribution in [0.3, 0.4) is 0 Å². The molecule has 0 saturated heterocycles. The van der Waals surface area contributed by atoms with Gasteiger partial charge in [0.15, 0.2) is 0 Å². The number of hydrogen-bond acceptors (Lipinski definition) is 0. The quantitative estimate of drug-likeness (QED) is 0.167. The molecule has 0 heteroatoms. The zero-order valence-corrected chi connectivity index (χ0v) is 28.8. The van der Waals surface area contributed by atoms with Gasteiger partial charge in [0.1, 0.15) is 0 Å². The van der Waals surface area contributed by atoms with Gasteiger partial charge in [0.2, 0.25) is 0 Å². The molecule has 10 rings (SSSR count). The van der Waals surface area contributed by atoms with Gasteiger partial charge < -0.3 is 0 Å². The number of benzene rings is 9. The molecule has 9 aromatic rings. The van der Waals surface area contributed by atoms with Gasteiger partial charge in [-0.1, -0.05) is 190 Å². The second-order valence-electron chi connectivity index (χ2n) is 14.5. The summed E-state index contributed by atoms with van der Waals surface area (Å²) < 4.78 is 0. The molecule has 0 spiro atoms. The SMILES string of the molecule is CC1(C)c2cc(-c3ccc(-c4c5ccccc5c(-c5ccc(-c6ccccc6)cc5)c5ccccc45)cc3)ccc2-c2c1ccc1ccccc21. The summed E-state index contributed by atoms with van der Waals surface area (Å²) in [6.07, 6.45) is 0. The van der Waals surface area contributed by atoms with Crippen molar-refractivity contribution < 1.29 is 0 Å². The van der Waals surface area contributed by atoms with Crippen LogP contribution in [0.5, 0.6) is 0 Å². The Hall–Kier alpha value is -6.24. The summed E-state index contributed by atoms with van der Waals surface area (Å²) >= 11 is 0. The highest BCUT2D eigenvalue weighted by molar-refractivity contribution is 6.21. The van der Waals surface area contributed by atoms with Crippen molar-refractivity contribution in [1.29, 1.82) is 0 Å². The lowest BCUT2D eigenvalue weighted by Gasteiger charge is -2.22. The summed E-state index contributed by atoms with van der Waals surface area (Å²) in [6, 6.07) is 67.3. The Morgan fingerprint density at radius 1 is 0.294 bits per heavy atom. The smallest absolute Gasteiger partial charge is 0.0159 e. The summed E-state index contributed by atoms with van der Waals surface area (Å²) in [4.78, 5) is 0. The van der Waals surface area contributed by atoms with Crippen LogP contribution in [0.25, 0.3) is 88.0 Å². The molecule has 0 bridgehead atoms. The summed E-state index contributed by atoms with van der Waals surface area (Å²) in [5.41, 5.74) is 15.5.